The fraction of sp³-hybridized carbons (Fsp3) is 0.278. The Bertz CT molecular complexity index is 912. The number of nitrogens with two attached hydrogens (primary N) is 1. The summed E-state index contributed by atoms with van der Waals surface area (Å²) in [6, 6.07) is 11.3. The molecule has 146 valence electrons. The summed E-state index contributed by atoms with van der Waals surface area (Å²) < 4.78 is 22.9. The van der Waals surface area contributed by atoms with Crippen LogP contribution in [0, 0.1) is 5.92 Å². The van der Waals surface area contributed by atoms with E-state index in [2.05, 4.69) is 10.6 Å². The summed E-state index contributed by atoms with van der Waals surface area (Å²) in [7, 11) is -3.87. The van der Waals surface area contributed by atoms with Crippen LogP contribution in [0.25, 0.3) is 0 Å². The Hall–Kier alpha value is -1.64. The van der Waals surface area contributed by atoms with E-state index in [1.807, 2.05) is 12.1 Å². The maximum Gasteiger partial charge on any atom is 0.255 e. The molecule has 3 rings (SSSR count). The highest BCUT2D eigenvalue weighted by Gasteiger charge is 2.16. The highest BCUT2D eigenvalue weighted by molar-refractivity contribution is 7.89. The SMILES string of the molecule is Cl.NS(=O)(=O)c1ccc(Cl)c(NC(=O)c2ccc(CC3CCNC3)cc2)c1. The smallest absolute Gasteiger partial charge is 0.255 e. The highest BCUT2D eigenvalue weighted by atomic mass is 35.5. The molecule has 0 radical (unpaired) electrons. The number of primary sulfonamides is 1. The van der Waals surface area contributed by atoms with E-state index in [-0.39, 0.29) is 33.9 Å². The second-order valence-corrected chi connectivity index (χ2v) is 8.37. The Morgan fingerprint density at radius 1 is 1.22 bits per heavy atom. The maximum atomic E-state index is 12.4. The largest absolute Gasteiger partial charge is 0.321 e. The first kappa shape index (κ1) is 21.7. The average molecular weight is 430 g/mol. The summed E-state index contributed by atoms with van der Waals surface area (Å²) in [4.78, 5) is 12.3. The fourth-order valence-electron chi connectivity index (χ4n) is 2.99. The number of hydrogen-bond acceptors (Lipinski definition) is 4. The summed E-state index contributed by atoms with van der Waals surface area (Å²) in [6.07, 6.45) is 2.15. The van der Waals surface area contributed by atoms with Crippen molar-refractivity contribution < 1.29 is 13.2 Å². The molecule has 2 aromatic rings. The van der Waals surface area contributed by atoms with Gasteiger partial charge >= 0.3 is 0 Å². The molecule has 1 aliphatic heterocycles. The Labute approximate surface area is 169 Å². The number of halogens is 2. The predicted octanol–water partition coefficient (Wildman–Crippen LogP) is 2.81. The summed E-state index contributed by atoms with van der Waals surface area (Å²) in [5, 5.41) is 11.3. The van der Waals surface area contributed by atoms with E-state index >= 15 is 0 Å². The van der Waals surface area contributed by atoms with Crippen LogP contribution < -0.4 is 15.8 Å². The van der Waals surface area contributed by atoms with Crippen molar-refractivity contribution in [3.8, 4) is 0 Å². The quantitative estimate of drug-likeness (QED) is 0.679. The lowest BCUT2D eigenvalue weighted by Gasteiger charge is -2.11. The van der Waals surface area contributed by atoms with Crippen molar-refractivity contribution in [2.75, 3.05) is 18.4 Å². The third kappa shape index (κ3) is 5.67. The van der Waals surface area contributed by atoms with Crippen LogP contribution >= 0.6 is 24.0 Å². The van der Waals surface area contributed by atoms with Gasteiger partial charge in [0.25, 0.3) is 5.91 Å². The van der Waals surface area contributed by atoms with Gasteiger partial charge in [0.1, 0.15) is 0 Å². The van der Waals surface area contributed by atoms with Crippen molar-refractivity contribution in [1.29, 1.82) is 0 Å². The second-order valence-electron chi connectivity index (χ2n) is 6.40. The van der Waals surface area contributed by atoms with E-state index in [0.717, 1.165) is 19.5 Å². The molecule has 1 amide bonds. The molecule has 1 fully saturated rings. The third-order valence-corrected chi connectivity index (χ3v) is 5.66. The number of carbonyl (C=O) groups excluding carboxylic acids is 1. The van der Waals surface area contributed by atoms with E-state index in [9.17, 15) is 13.2 Å². The van der Waals surface area contributed by atoms with Crippen LogP contribution in [0.15, 0.2) is 47.4 Å². The van der Waals surface area contributed by atoms with Crippen molar-refractivity contribution in [3.63, 3.8) is 0 Å². The van der Waals surface area contributed by atoms with Crippen LogP contribution in [-0.2, 0) is 16.4 Å². The van der Waals surface area contributed by atoms with E-state index in [4.69, 9.17) is 16.7 Å². The molecule has 4 N–H and O–H groups in total. The lowest BCUT2D eigenvalue weighted by molar-refractivity contribution is 0.102. The summed E-state index contributed by atoms with van der Waals surface area (Å²) in [5.74, 6) is 0.266. The highest BCUT2D eigenvalue weighted by Crippen LogP contribution is 2.25. The van der Waals surface area contributed by atoms with E-state index in [1.54, 1.807) is 12.1 Å². The zero-order valence-electron chi connectivity index (χ0n) is 14.4. The van der Waals surface area contributed by atoms with Crippen molar-refractivity contribution in [1.82, 2.24) is 5.32 Å². The van der Waals surface area contributed by atoms with Gasteiger partial charge < -0.3 is 10.6 Å². The Kier molecular flexibility index (Phi) is 7.25. The van der Waals surface area contributed by atoms with Gasteiger partial charge in [-0.1, -0.05) is 23.7 Å². The van der Waals surface area contributed by atoms with Gasteiger partial charge in [0.2, 0.25) is 10.0 Å². The molecule has 0 spiro atoms. The number of carbonyl (C=O) groups is 1. The van der Waals surface area contributed by atoms with Crippen LogP contribution in [0.3, 0.4) is 0 Å². The number of benzene rings is 2. The third-order valence-electron chi connectivity index (χ3n) is 4.42. The van der Waals surface area contributed by atoms with Crippen molar-refractivity contribution >= 4 is 45.6 Å². The zero-order valence-corrected chi connectivity index (χ0v) is 16.8. The number of rotatable bonds is 5. The minimum absolute atomic E-state index is 0. The van der Waals surface area contributed by atoms with Gasteiger partial charge in [0, 0.05) is 5.56 Å². The van der Waals surface area contributed by atoms with Crippen LogP contribution in [0.1, 0.15) is 22.3 Å². The van der Waals surface area contributed by atoms with Gasteiger partial charge in [-0.2, -0.15) is 0 Å². The molecule has 27 heavy (non-hydrogen) atoms. The first-order valence-electron chi connectivity index (χ1n) is 8.26. The van der Waals surface area contributed by atoms with Gasteiger partial charge in [-0.15, -0.1) is 12.4 Å². The minimum Gasteiger partial charge on any atom is -0.321 e. The Morgan fingerprint density at radius 2 is 1.93 bits per heavy atom. The lowest BCUT2D eigenvalue weighted by atomic mass is 9.98. The topological polar surface area (TPSA) is 101 Å². The van der Waals surface area contributed by atoms with E-state index in [1.165, 1.54) is 30.2 Å². The number of amides is 1. The van der Waals surface area contributed by atoms with Gasteiger partial charge in [-0.25, -0.2) is 13.6 Å². The first-order chi connectivity index (χ1) is 12.3. The van der Waals surface area contributed by atoms with Crippen LogP contribution in [-0.4, -0.2) is 27.4 Å². The monoisotopic (exact) mass is 429 g/mol. The van der Waals surface area contributed by atoms with Gasteiger partial charge in [0.05, 0.1) is 15.6 Å². The standard InChI is InChI=1S/C18H20ClN3O3S.ClH/c19-16-6-5-15(26(20,24)25)10-17(16)22-18(23)14-3-1-12(2-4-14)9-13-7-8-21-11-13;/h1-6,10,13,21H,7-9,11H2,(H,22,23)(H2,20,24,25);1H. The Balaban J connectivity index is 0.00000261. The molecule has 1 heterocycles. The molecule has 1 saturated heterocycles. The molecule has 0 bridgehead atoms. The summed E-state index contributed by atoms with van der Waals surface area (Å²) in [6.45, 7) is 2.09. The van der Waals surface area contributed by atoms with Crippen LogP contribution in [0.2, 0.25) is 5.02 Å². The number of anilines is 1. The number of sulfonamides is 1. The maximum absolute atomic E-state index is 12.4. The summed E-state index contributed by atoms with van der Waals surface area (Å²) in [5.41, 5.74) is 1.85. The van der Waals surface area contributed by atoms with Gasteiger partial charge in [0.15, 0.2) is 0 Å². The minimum atomic E-state index is -3.87. The molecule has 0 aromatic heterocycles. The first-order valence-corrected chi connectivity index (χ1v) is 10.2. The molecule has 9 heteroatoms. The Morgan fingerprint density at radius 3 is 2.52 bits per heavy atom. The zero-order chi connectivity index (χ0) is 18.7. The molecule has 6 nitrogen and oxygen atoms in total. The number of hydrogen-bond donors (Lipinski definition) is 3. The molecular weight excluding hydrogens is 409 g/mol. The molecule has 0 aliphatic carbocycles. The molecule has 2 aromatic carbocycles. The fourth-order valence-corrected chi connectivity index (χ4v) is 3.69. The van der Waals surface area contributed by atoms with E-state index < -0.39 is 10.0 Å². The van der Waals surface area contributed by atoms with Crippen LogP contribution in [0.4, 0.5) is 5.69 Å². The van der Waals surface area contributed by atoms with Crippen LogP contribution in [0.5, 0.6) is 0 Å². The van der Waals surface area contributed by atoms with Gasteiger partial charge in [-0.05, 0) is 67.7 Å². The summed E-state index contributed by atoms with van der Waals surface area (Å²) >= 11 is 6.04. The molecule has 1 unspecified atom stereocenters. The van der Waals surface area contributed by atoms with Crippen molar-refractivity contribution in [2.45, 2.75) is 17.7 Å². The molecule has 1 aliphatic rings. The van der Waals surface area contributed by atoms with E-state index in [0.29, 0.717) is 11.5 Å². The number of nitrogens with one attached hydrogen (secondary N) is 2. The van der Waals surface area contributed by atoms with Crippen molar-refractivity contribution in [3.05, 3.63) is 58.6 Å². The van der Waals surface area contributed by atoms with Crippen molar-refractivity contribution in [2.24, 2.45) is 11.1 Å². The molecule has 0 saturated carbocycles. The molecular formula is C18H21Cl2N3O3S. The average Bonchev–Trinajstić information content (AvgIpc) is 3.09. The lowest BCUT2D eigenvalue weighted by Crippen LogP contribution is -2.15. The predicted molar refractivity (Wildman–Crippen MR) is 109 cm³/mol. The molecule has 1 atom stereocenters. The second kappa shape index (κ2) is 9.03. The van der Waals surface area contributed by atoms with Gasteiger partial charge in [-0.3, -0.25) is 4.79 Å². The normalized spacial score (nSPS) is 16.6.